The first-order valence-electron chi connectivity index (χ1n) is 10.9. The Morgan fingerprint density at radius 1 is 1.00 bits per heavy atom. The van der Waals surface area contributed by atoms with E-state index in [0.29, 0.717) is 40.7 Å². The number of nitrogens with one attached hydrogen (secondary N) is 1. The number of fused-ring (bicyclic) bond motifs is 1. The average Bonchev–Trinajstić information content (AvgIpc) is 2.78. The van der Waals surface area contributed by atoms with Gasteiger partial charge in [-0.05, 0) is 13.0 Å². The molecule has 1 aliphatic rings. The Kier molecular flexibility index (Phi) is 6.27. The summed E-state index contributed by atoms with van der Waals surface area (Å²) in [7, 11) is 3.12. The molecular weight excluding hydrogens is 408 g/mol. The van der Waals surface area contributed by atoms with Crippen LogP contribution in [0.15, 0.2) is 23.0 Å². The monoisotopic (exact) mass is 438 g/mol. The van der Waals surface area contributed by atoms with Crippen LogP contribution < -0.4 is 19.9 Å². The largest absolute Gasteiger partial charge is 0.493 e. The minimum atomic E-state index is -0.178. The van der Waals surface area contributed by atoms with E-state index >= 15 is 0 Å². The molecular formula is C23H30N6O3. The van der Waals surface area contributed by atoms with Gasteiger partial charge in [-0.2, -0.15) is 0 Å². The number of nitrogens with zero attached hydrogens (tertiary/aromatic N) is 5. The number of piperazine rings is 1. The van der Waals surface area contributed by atoms with Crippen LogP contribution in [0.1, 0.15) is 37.1 Å². The highest BCUT2D eigenvalue weighted by atomic mass is 16.5. The summed E-state index contributed by atoms with van der Waals surface area (Å²) in [6.45, 7) is 10.2. The summed E-state index contributed by atoms with van der Waals surface area (Å²) < 4.78 is 10.7. The standard InChI is InChI=1S/C23H30N6O3/c1-14(2)22-24-15(3)10-21(27-22)29-8-6-28(7-9-29)13-20-25-17-12-19(32-5)18(31-4)11-16(17)23(30)26-20/h10-12,14H,6-9,13H2,1-5H3,(H,25,26,30). The number of aromatic nitrogens is 4. The zero-order valence-electron chi connectivity index (χ0n) is 19.3. The Labute approximate surface area is 187 Å². The van der Waals surface area contributed by atoms with Gasteiger partial charge in [0.15, 0.2) is 11.5 Å². The molecule has 1 N–H and O–H groups in total. The van der Waals surface area contributed by atoms with Gasteiger partial charge in [0, 0.05) is 49.9 Å². The maximum atomic E-state index is 12.6. The summed E-state index contributed by atoms with van der Waals surface area (Å²) >= 11 is 0. The fourth-order valence-corrected chi connectivity index (χ4v) is 3.93. The Hall–Kier alpha value is -3.20. The lowest BCUT2D eigenvalue weighted by Gasteiger charge is -2.35. The molecule has 1 saturated heterocycles. The molecule has 1 aromatic carbocycles. The zero-order chi connectivity index (χ0) is 22.8. The van der Waals surface area contributed by atoms with Gasteiger partial charge in [-0.15, -0.1) is 0 Å². The van der Waals surface area contributed by atoms with Crippen LogP contribution in [0.25, 0.3) is 10.9 Å². The number of H-pyrrole nitrogens is 1. The van der Waals surface area contributed by atoms with Crippen molar-refractivity contribution in [1.82, 2.24) is 24.8 Å². The van der Waals surface area contributed by atoms with E-state index in [1.165, 1.54) is 0 Å². The van der Waals surface area contributed by atoms with Gasteiger partial charge in [0.2, 0.25) is 0 Å². The molecule has 9 heteroatoms. The highest BCUT2D eigenvalue weighted by Crippen LogP contribution is 2.30. The molecule has 1 fully saturated rings. The Morgan fingerprint density at radius 3 is 2.34 bits per heavy atom. The van der Waals surface area contributed by atoms with Gasteiger partial charge < -0.3 is 19.4 Å². The molecule has 9 nitrogen and oxygen atoms in total. The third-order valence-corrected chi connectivity index (χ3v) is 5.70. The van der Waals surface area contributed by atoms with Gasteiger partial charge in [-0.3, -0.25) is 9.69 Å². The summed E-state index contributed by atoms with van der Waals surface area (Å²) in [5, 5.41) is 0.483. The van der Waals surface area contributed by atoms with E-state index in [9.17, 15) is 4.79 Å². The minimum Gasteiger partial charge on any atom is -0.493 e. The molecule has 3 aromatic rings. The highest BCUT2D eigenvalue weighted by molar-refractivity contribution is 5.81. The van der Waals surface area contributed by atoms with Gasteiger partial charge in [-0.25, -0.2) is 15.0 Å². The van der Waals surface area contributed by atoms with Crippen LogP contribution in [0.3, 0.4) is 0 Å². The number of anilines is 1. The summed E-state index contributed by atoms with van der Waals surface area (Å²) in [5.41, 5.74) is 1.41. The van der Waals surface area contributed by atoms with Crippen molar-refractivity contribution in [2.75, 3.05) is 45.3 Å². The molecule has 3 heterocycles. The number of hydrogen-bond donors (Lipinski definition) is 1. The fraction of sp³-hybridized carbons (Fsp3) is 0.478. The second kappa shape index (κ2) is 9.12. The lowest BCUT2D eigenvalue weighted by atomic mass is 10.2. The van der Waals surface area contributed by atoms with E-state index in [2.05, 4.69) is 38.6 Å². The maximum Gasteiger partial charge on any atom is 0.258 e. The number of aryl methyl sites for hydroxylation is 1. The van der Waals surface area contributed by atoms with Crippen LogP contribution in [0.2, 0.25) is 0 Å². The second-order valence-corrected chi connectivity index (χ2v) is 8.38. The quantitative estimate of drug-likeness (QED) is 0.627. The van der Waals surface area contributed by atoms with E-state index in [4.69, 9.17) is 14.5 Å². The van der Waals surface area contributed by atoms with E-state index in [1.807, 2.05) is 13.0 Å². The van der Waals surface area contributed by atoms with E-state index in [0.717, 1.165) is 43.5 Å². The van der Waals surface area contributed by atoms with Crippen molar-refractivity contribution in [1.29, 1.82) is 0 Å². The van der Waals surface area contributed by atoms with Crippen LogP contribution in [-0.4, -0.2) is 65.2 Å². The molecule has 0 unspecified atom stereocenters. The van der Waals surface area contributed by atoms with Crippen molar-refractivity contribution in [2.45, 2.75) is 33.2 Å². The number of benzene rings is 1. The van der Waals surface area contributed by atoms with Crippen LogP contribution in [0, 0.1) is 6.92 Å². The van der Waals surface area contributed by atoms with E-state index < -0.39 is 0 Å². The molecule has 0 aliphatic carbocycles. The predicted octanol–water partition coefficient (Wildman–Crippen LogP) is 2.48. The van der Waals surface area contributed by atoms with Crippen molar-refractivity contribution < 1.29 is 9.47 Å². The van der Waals surface area contributed by atoms with Crippen LogP contribution in [0.5, 0.6) is 11.5 Å². The number of rotatable bonds is 6. The third kappa shape index (κ3) is 4.52. The summed E-state index contributed by atoms with van der Waals surface area (Å²) in [4.78, 5) is 34.1. The normalized spacial score (nSPS) is 14.9. The first-order chi connectivity index (χ1) is 15.4. The summed E-state index contributed by atoms with van der Waals surface area (Å²) in [6, 6.07) is 5.46. The first kappa shape index (κ1) is 22.0. The number of aromatic amines is 1. The van der Waals surface area contributed by atoms with Gasteiger partial charge >= 0.3 is 0 Å². The maximum absolute atomic E-state index is 12.6. The summed E-state index contributed by atoms with van der Waals surface area (Å²) in [5.74, 6) is 3.87. The minimum absolute atomic E-state index is 0.178. The Balaban J connectivity index is 1.48. The zero-order valence-corrected chi connectivity index (χ0v) is 19.3. The first-order valence-corrected chi connectivity index (χ1v) is 10.9. The van der Waals surface area contributed by atoms with Crippen molar-refractivity contribution >= 4 is 16.7 Å². The highest BCUT2D eigenvalue weighted by Gasteiger charge is 2.21. The lowest BCUT2D eigenvalue weighted by molar-refractivity contribution is 0.243. The molecule has 1 aliphatic heterocycles. The Bertz CT molecular complexity index is 1170. The van der Waals surface area contributed by atoms with Gasteiger partial charge in [0.25, 0.3) is 5.56 Å². The van der Waals surface area contributed by atoms with Gasteiger partial charge in [0.1, 0.15) is 17.5 Å². The summed E-state index contributed by atoms with van der Waals surface area (Å²) in [6.07, 6.45) is 0. The number of hydrogen-bond acceptors (Lipinski definition) is 8. The molecule has 32 heavy (non-hydrogen) atoms. The smallest absolute Gasteiger partial charge is 0.258 e. The van der Waals surface area contributed by atoms with Crippen molar-refractivity contribution in [3.05, 3.63) is 45.9 Å². The molecule has 170 valence electrons. The Morgan fingerprint density at radius 2 is 1.69 bits per heavy atom. The van der Waals surface area contributed by atoms with Crippen LogP contribution in [0.4, 0.5) is 5.82 Å². The molecule has 0 spiro atoms. The van der Waals surface area contributed by atoms with Crippen LogP contribution in [-0.2, 0) is 6.54 Å². The van der Waals surface area contributed by atoms with Crippen molar-refractivity contribution in [2.24, 2.45) is 0 Å². The topological polar surface area (TPSA) is 96.5 Å². The molecule has 0 radical (unpaired) electrons. The van der Waals surface area contributed by atoms with Crippen molar-refractivity contribution in [3.8, 4) is 11.5 Å². The van der Waals surface area contributed by atoms with E-state index in [-0.39, 0.29) is 5.56 Å². The molecule has 2 aromatic heterocycles. The third-order valence-electron chi connectivity index (χ3n) is 5.70. The SMILES string of the molecule is COc1cc2nc(CN3CCN(c4cc(C)nc(C(C)C)n4)CC3)[nH]c(=O)c2cc1OC. The predicted molar refractivity (Wildman–Crippen MR) is 124 cm³/mol. The fourth-order valence-electron chi connectivity index (χ4n) is 3.93. The molecule has 4 rings (SSSR count). The average molecular weight is 439 g/mol. The van der Waals surface area contributed by atoms with Gasteiger partial charge in [-0.1, -0.05) is 13.8 Å². The molecule has 0 saturated carbocycles. The lowest BCUT2D eigenvalue weighted by Crippen LogP contribution is -2.46. The van der Waals surface area contributed by atoms with E-state index in [1.54, 1.807) is 26.4 Å². The second-order valence-electron chi connectivity index (χ2n) is 8.38. The van der Waals surface area contributed by atoms with Gasteiger partial charge in [0.05, 0.1) is 31.7 Å². The number of methoxy groups -OCH3 is 2. The number of ether oxygens (including phenoxy) is 2. The molecule has 0 atom stereocenters. The molecule has 0 bridgehead atoms. The van der Waals surface area contributed by atoms with Crippen LogP contribution >= 0.6 is 0 Å². The molecule has 0 amide bonds. The van der Waals surface area contributed by atoms with Crippen molar-refractivity contribution in [3.63, 3.8) is 0 Å².